The molecule has 0 aliphatic rings. The molecule has 1 rings (SSSR count). The maximum atomic E-state index is 9.29. The molecule has 3 nitrogen and oxygen atoms in total. The molecule has 0 aliphatic heterocycles. The van der Waals surface area contributed by atoms with Crippen LogP contribution < -0.4 is 4.74 Å². The van der Waals surface area contributed by atoms with Crippen LogP contribution in [0, 0.1) is 0 Å². The van der Waals surface area contributed by atoms with E-state index in [1.165, 1.54) is 17.7 Å². The van der Waals surface area contributed by atoms with E-state index in [0.29, 0.717) is 30.6 Å². The highest BCUT2D eigenvalue weighted by Crippen LogP contribution is 2.36. The summed E-state index contributed by atoms with van der Waals surface area (Å²) in [5.74, 6) is 0.380. The largest absolute Gasteiger partial charge is 0.508 e. The normalized spacial score (nSPS) is 11.7. The van der Waals surface area contributed by atoms with Gasteiger partial charge in [-0.2, -0.15) is 0 Å². The van der Waals surface area contributed by atoms with E-state index in [4.69, 9.17) is 55.9 Å². The maximum absolute atomic E-state index is 9.29. The van der Waals surface area contributed by atoms with Crippen molar-refractivity contribution in [2.24, 2.45) is 0 Å². The number of benzene rings is 1. The van der Waals surface area contributed by atoms with Crippen molar-refractivity contribution < 1.29 is 14.6 Å². The van der Waals surface area contributed by atoms with E-state index in [-0.39, 0.29) is 15.8 Å². The van der Waals surface area contributed by atoms with Crippen LogP contribution in [0.2, 0.25) is 10.0 Å². The van der Waals surface area contributed by atoms with Crippen molar-refractivity contribution in [3.8, 4) is 11.5 Å². The van der Waals surface area contributed by atoms with E-state index in [1.54, 1.807) is 0 Å². The van der Waals surface area contributed by atoms with Crippen molar-refractivity contribution in [2.45, 2.75) is 12.8 Å². The lowest BCUT2D eigenvalue weighted by Crippen LogP contribution is -2.02. The quantitative estimate of drug-likeness (QED) is 0.649. The maximum Gasteiger partial charge on any atom is 0.156 e. The first-order valence-corrected chi connectivity index (χ1v) is 7.45. The van der Waals surface area contributed by atoms with Gasteiger partial charge in [-0.25, -0.2) is 0 Å². The van der Waals surface area contributed by atoms with Gasteiger partial charge < -0.3 is 14.6 Å². The summed E-state index contributed by atoms with van der Waals surface area (Å²) in [6, 6.07) is 2.76. The summed E-state index contributed by atoms with van der Waals surface area (Å²) in [4.78, 5) is 0. The molecule has 0 unspecified atom stereocenters. The number of halogens is 4. The Hall–Kier alpha value is -0.320. The van der Waals surface area contributed by atoms with Gasteiger partial charge in [-0.15, -0.1) is 0 Å². The number of unbranched alkanes of at least 4 members (excludes halogenated alkanes) is 1. The zero-order valence-electron chi connectivity index (χ0n) is 10.5. The first-order chi connectivity index (χ1) is 9.54. The number of hydrogen-bond acceptors (Lipinski definition) is 3. The predicted molar refractivity (Wildman–Crippen MR) is 83.5 cm³/mol. The number of phenolic OH excluding ortho intramolecular Hbond substituents is 1. The molecule has 20 heavy (non-hydrogen) atoms. The zero-order valence-corrected chi connectivity index (χ0v) is 13.6. The lowest BCUT2D eigenvalue weighted by Gasteiger charge is -2.10. The van der Waals surface area contributed by atoms with Gasteiger partial charge in [0.05, 0.1) is 28.3 Å². The molecule has 1 aromatic carbocycles. The fourth-order valence-electron chi connectivity index (χ4n) is 1.37. The van der Waals surface area contributed by atoms with Gasteiger partial charge in [0.2, 0.25) is 0 Å². The highest BCUT2D eigenvalue weighted by Gasteiger charge is 2.09. The molecule has 0 atom stereocenters. The average Bonchev–Trinajstić information content (AvgIpc) is 2.39. The molecule has 1 N–H and O–H groups in total. The summed E-state index contributed by atoms with van der Waals surface area (Å²) in [6.07, 6.45) is 1.58. The second kappa shape index (κ2) is 9.59. The van der Waals surface area contributed by atoms with Crippen LogP contribution in [-0.4, -0.2) is 24.9 Å². The number of hydrogen-bond donors (Lipinski definition) is 1. The first-order valence-electron chi connectivity index (χ1n) is 5.88. The molecule has 0 fully saturated rings. The Morgan fingerprint density at radius 1 is 1.15 bits per heavy atom. The van der Waals surface area contributed by atoms with Gasteiger partial charge in [0.25, 0.3) is 0 Å². The van der Waals surface area contributed by atoms with Crippen molar-refractivity contribution in [2.75, 3.05) is 19.8 Å². The third-order valence-corrected chi connectivity index (χ3v) is 3.43. The Morgan fingerprint density at radius 3 is 2.35 bits per heavy atom. The molecule has 7 heteroatoms. The van der Waals surface area contributed by atoms with Crippen LogP contribution in [0.15, 0.2) is 22.7 Å². The van der Waals surface area contributed by atoms with Gasteiger partial charge in [-0.05, 0) is 12.8 Å². The third-order valence-electron chi connectivity index (χ3n) is 2.27. The molecule has 0 saturated carbocycles. The Kier molecular flexibility index (Phi) is 8.50. The van der Waals surface area contributed by atoms with Crippen LogP contribution in [0.3, 0.4) is 0 Å². The summed E-state index contributed by atoms with van der Waals surface area (Å²) in [7, 11) is 0. The molecule has 0 aliphatic carbocycles. The molecule has 0 aromatic heterocycles. The SMILES string of the molecule is Oc1cc(Cl)c(OCCCCOC/C(Cl)=C\Cl)c(Cl)c1. The molecule has 112 valence electrons. The molecule has 0 amide bonds. The van der Waals surface area contributed by atoms with Gasteiger partial charge in [-0.1, -0.05) is 46.4 Å². The Labute approximate surface area is 138 Å². The highest BCUT2D eigenvalue weighted by molar-refractivity contribution is 6.37. The van der Waals surface area contributed by atoms with Gasteiger partial charge in [0.1, 0.15) is 5.75 Å². The summed E-state index contributed by atoms with van der Waals surface area (Å²) in [6.45, 7) is 1.32. The zero-order chi connectivity index (χ0) is 15.0. The Balaban J connectivity index is 2.22. The lowest BCUT2D eigenvalue weighted by molar-refractivity contribution is 0.150. The van der Waals surface area contributed by atoms with Crippen LogP contribution in [-0.2, 0) is 4.74 Å². The van der Waals surface area contributed by atoms with E-state index in [2.05, 4.69) is 0 Å². The Bertz CT molecular complexity index is 440. The minimum Gasteiger partial charge on any atom is -0.508 e. The highest BCUT2D eigenvalue weighted by atomic mass is 35.5. The predicted octanol–water partition coefficient (Wildman–Crippen LogP) is 5.19. The molecular weight excluding hydrogens is 346 g/mol. The fraction of sp³-hybridized carbons (Fsp3) is 0.385. The second-order valence-electron chi connectivity index (χ2n) is 3.90. The summed E-state index contributed by atoms with van der Waals surface area (Å²) in [5.41, 5.74) is 1.28. The van der Waals surface area contributed by atoms with Crippen LogP contribution in [0.5, 0.6) is 11.5 Å². The lowest BCUT2D eigenvalue weighted by atomic mass is 10.3. The van der Waals surface area contributed by atoms with E-state index in [1.807, 2.05) is 0 Å². The number of ether oxygens (including phenoxy) is 2. The van der Waals surface area contributed by atoms with Crippen molar-refractivity contribution in [1.82, 2.24) is 0 Å². The minimum absolute atomic E-state index is 0.00461. The minimum atomic E-state index is 0.00461. The monoisotopic (exact) mass is 358 g/mol. The Morgan fingerprint density at radius 2 is 1.75 bits per heavy atom. The summed E-state index contributed by atoms with van der Waals surface area (Å²) in [5, 5.41) is 10.3. The molecule has 0 saturated heterocycles. The molecule has 0 spiro atoms. The summed E-state index contributed by atoms with van der Waals surface area (Å²) >= 11 is 22.9. The van der Waals surface area contributed by atoms with Crippen molar-refractivity contribution in [3.05, 3.63) is 32.7 Å². The number of rotatable bonds is 8. The third kappa shape index (κ3) is 6.42. The van der Waals surface area contributed by atoms with E-state index >= 15 is 0 Å². The summed E-state index contributed by atoms with van der Waals surface area (Å²) < 4.78 is 10.8. The fourth-order valence-corrected chi connectivity index (χ4v) is 2.09. The smallest absolute Gasteiger partial charge is 0.156 e. The van der Waals surface area contributed by atoms with Gasteiger partial charge in [0, 0.05) is 24.3 Å². The number of aromatic hydroxyl groups is 1. The van der Waals surface area contributed by atoms with Gasteiger partial charge >= 0.3 is 0 Å². The molecule has 0 bridgehead atoms. The van der Waals surface area contributed by atoms with Gasteiger partial charge in [0.15, 0.2) is 5.75 Å². The van der Waals surface area contributed by atoms with Crippen LogP contribution in [0.1, 0.15) is 12.8 Å². The van der Waals surface area contributed by atoms with Crippen molar-refractivity contribution >= 4 is 46.4 Å². The average molecular weight is 360 g/mol. The standard InChI is InChI=1S/C13H14Cl4O3/c14-7-9(15)8-19-3-1-2-4-20-13-11(16)5-10(18)6-12(13)17/h5-7,18H,1-4,8H2/b9-7+. The first kappa shape index (κ1) is 17.7. The van der Waals surface area contributed by atoms with Gasteiger partial charge in [-0.3, -0.25) is 0 Å². The van der Waals surface area contributed by atoms with Crippen LogP contribution in [0.4, 0.5) is 0 Å². The molecule has 0 heterocycles. The van der Waals surface area contributed by atoms with E-state index in [9.17, 15) is 5.11 Å². The second-order valence-corrected chi connectivity index (χ2v) is 5.42. The molecular formula is C13H14Cl4O3. The molecule has 1 aromatic rings. The van der Waals surface area contributed by atoms with Crippen LogP contribution >= 0.6 is 46.4 Å². The van der Waals surface area contributed by atoms with Crippen molar-refractivity contribution in [1.29, 1.82) is 0 Å². The number of phenols is 1. The van der Waals surface area contributed by atoms with E-state index < -0.39 is 0 Å². The molecule has 0 radical (unpaired) electrons. The topological polar surface area (TPSA) is 38.7 Å². The van der Waals surface area contributed by atoms with Crippen molar-refractivity contribution in [3.63, 3.8) is 0 Å². The van der Waals surface area contributed by atoms with Crippen LogP contribution in [0.25, 0.3) is 0 Å². The van der Waals surface area contributed by atoms with E-state index in [0.717, 1.165) is 12.8 Å².